The van der Waals surface area contributed by atoms with Crippen molar-refractivity contribution < 1.29 is 26.2 Å². The molecule has 4 nitrogen and oxygen atoms in total. The molecule has 0 aliphatic carbocycles. The van der Waals surface area contributed by atoms with Crippen molar-refractivity contribution in [2.24, 2.45) is 0 Å². The van der Waals surface area contributed by atoms with Gasteiger partial charge in [0.1, 0.15) is 5.71 Å². The van der Waals surface area contributed by atoms with E-state index in [0.717, 1.165) is 21.5 Å². The van der Waals surface area contributed by atoms with Crippen LogP contribution in [0.4, 0.5) is 17.3 Å². The van der Waals surface area contributed by atoms with E-state index in [4.69, 9.17) is 0 Å². The maximum atomic E-state index is 18.0. The number of nitrogens with zero attached hydrogens (tertiary/aromatic N) is 4. The fraction of sp³-hybridized carbons (Fsp3) is 0.0909. The summed E-state index contributed by atoms with van der Waals surface area (Å²) in [6.07, 6.45) is 4.53. The summed E-state index contributed by atoms with van der Waals surface area (Å²) in [4.78, 5) is 0. The van der Waals surface area contributed by atoms with Crippen molar-refractivity contribution >= 4 is 70.5 Å². The van der Waals surface area contributed by atoms with Crippen molar-refractivity contribution in [1.82, 2.24) is 8.96 Å². The molecule has 54 heavy (non-hydrogen) atoms. The molecule has 4 aliphatic heterocycles. The molecule has 0 N–H and O–H groups in total. The van der Waals surface area contributed by atoms with E-state index >= 15 is 17.3 Å². The van der Waals surface area contributed by atoms with Gasteiger partial charge in [-0.3, -0.25) is 0 Å². The van der Waals surface area contributed by atoms with Gasteiger partial charge in [0.2, 0.25) is 0 Å². The maximum Gasteiger partial charge on any atom is 0.737 e. The van der Waals surface area contributed by atoms with Crippen LogP contribution in [0.3, 0.4) is 0 Å². The van der Waals surface area contributed by atoms with Gasteiger partial charge in [-0.2, -0.15) is 0 Å². The Morgan fingerprint density at radius 3 is 1.65 bits per heavy atom. The minimum atomic E-state index is -4.47. The van der Waals surface area contributed by atoms with Crippen molar-refractivity contribution in [1.29, 1.82) is 0 Å². The summed E-state index contributed by atoms with van der Waals surface area (Å²) in [6, 6.07) is 37.5. The van der Waals surface area contributed by atoms with Gasteiger partial charge in [0.15, 0.2) is 17.1 Å². The molecule has 0 fully saturated rings. The van der Waals surface area contributed by atoms with E-state index in [1.165, 1.54) is 17.9 Å². The molecule has 0 saturated heterocycles. The van der Waals surface area contributed by atoms with Crippen LogP contribution in [0.15, 0.2) is 121 Å². The molecule has 262 valence electrons. The smallest absolute Gasteiger partial charge is 0.393 e. The third kappa shape index (κ3) is 3.80. The fourth-order valence-corrected chi connectivity index (χ4v) is 9.84. The third-order valence-corrected chi connectivity index (χ3v) is 11.9. The van der Waals surface area contributed by atoms with Crippen LogP contribution in [0.25, 0.3) is 56.3 Å². The molecule has 6 heterocycles. The van der Waals surface area contributed by atoms with Gasteiger partial charge in [0.25, 0.3) is 0 Å². The molecule has 0 saturated carbocycles. The van der Waals surface area contributed by atoms with Gasteiger partial charge in [0.05, 0.1) is 22.3 Å². The van der Waals surface area contributed by atoms with Crippen LogP contribution in [-0.4, -0.2) is 43.3 Å². The van der Waals surface area contributed by atoms with Crippen LogP contribution in [-0.2, 0) is 6.42 Å². The van der Waals surface area contributed by atoms with Gasteiger partial charge >= 0.3 is 13.9 Å². The van der Waals surface area contributed by atoms with E-state index in [2.05, 4.69) is 0 Å². The van der Waals surface area contributed by atoms with Gasteiger partial charge in [-0.15, -0.1) is 0 Å². The number of aromatic nitrogens is 2. The highest BCUT2D eigenvalue weighted by atomic mass is 19.3. The molecule has 0 amide bonds. The van der Waals surface area contributed by atoms with E-state index in [1.807, 2.05) is 147 Å². The summed E-state index contributed by atoms with van der Waals surface area (Å²) in [5.41, 5.74) is 7.39. The number of fused-ring (bicyclic) bond motifs is 12. The molecule has 0 bridgehead atoms. The van der Waals surface area contributed by atoms with E-state index in [9.17, 15) is 0 Å². The van der Waals surface area contributed by atoms with Crippen LogP contribution >= 0.6 is 0 Å². The zero-order valence-electron chi connectivity index (χ0n) is 29.6. The number of aryl methyl sites for hydroxylation is 1. The molecule has 4 aliphatic rings. The molecule has 7 aromatic rings. The van der Waals surface area contributed by atoms with Crippen molar-refractivity contribution in [2.45, 2.75) is 26.7 Å². The second kappa shape index (κ2) is 10.7. The Morgan fingerprint density at radius 2 is 1.00 bits per heavy atom. The molecular formula is C44H32B2F4N4. The quantitative estimate of drug-likeness (QED) is 0.128. The van der Waals surface area contributed by atoms with E-state index in [1.54, 1.807) is 0 Å². The second-order valence-corrected chi connectivity index (χ2v) is 14.6. The number of benzene rings is 5. The van der Waals surface area contributed by atoms with Gasteiger partial charge in [-0.25, -0.2) is 0 Å². The largest absolute Gasteiger partial charge is 0.737 e. The minimum Gasteiger partial charge on any atom is -0.393 e. The molecule has 0 radical (unpaired) electrons. The number of rotatable bonds is 4. The third-order valence-electron chi connectivity index (χ3n) is 11.9. The number of halogens is 4. The summed E-state index contributed by atoms with van der Waals surface area (Å²) in [6.45, 7) is -4.94. The topological polar surface area (TPSA) is 15.9 Å². The lowest BCUT2D eigenvalue weighted by Gasteiger charge is -2.31. The zero-order valence-corrected chi connectivity index (χ0v) is 29.6. The lowest BCUT2D eigenvalue weighted by molar-refractivity contribution is -0.319. The summed E-state index contributed by atoms with van der Waals surface area (Å²) in [5.74, 6) is 0. The van der Waals surface area contributed by atoms with E-state index in [0.29, 0.717) is 91.8 Å². The van der Waals surface area contributed by atoms with Crippen molar-refractivity contribution in [2.75, 3.05) is 0 Å². The molecule has 0 spiro atoms. The molecule has 5 aromatic carbocycles. The second-order valence-electron chi connectivity index (χ2n) is 14.6. The lowest BCUT2D eigenvalue weighted by Crippen LogP contribution is -2.50. The van der Waals surface area contributed by atoms with E-state index < -0.39 is 13.9 Å². The van der Waals surface area contributed by atoms with Crippen molar-refractivity contribution in [3.8, 4) is 11.3 Å². The molecule has 0 atom stereocenters. The Balaban J connectivity index is 1.23. The van der Waals surface area contributed by atoms with Crippen LogP contribution < -0.4 is 0 Å². The van der Waals surface area contributed by atoms with Crippen LogP contribution in [0.2, 0.25) is 0 Å². The predicted molar refractivity (Wildman–Crippen MR) is 212 cm³/mol. The SMILES string of the molecule is CCC1=[N+]2C(=Cc3c4ccccc4c(CC)n3[B-]2(F)F)c2cc3c(cc21)C1=Cc2c4ccccc4c(-c4ccccc4)n2[B-](F)(F)[N+]1=C3c1ccccc1. The maximum absolute atomic E-state index is 18.0. The average Bonchev–Trinajstić information content (AvgIpc) is 3.91. The van der Waals surface area contributed by atoms with Gasteiger partial charge in [-0.1, -0.05) is 111 Å². The van der Waals surface area contributed by atoms with Gasteiger partial charge in [0, 0.05) is 57.4 Å². The molecular weight excluding hydrogens is 682 g/mol. The highest BCUT2D eigenvalue weighted by molar-refractivity contribution is 6.61. The molecule has 11 rings (SSSR count). The Morgan fingerprint density at radius 1 is 0.500 bits per heavy atom. The first-order chi connectivity index (χ1) is 26.3. The van der Waals surface area contributed by atoms with E-state index in [-0.39, 0.29) is 0 Å². The standard InChI is InChI=1S/C44H32B2F4N4/c1-3-37-29-19-11-12-20-30(29)39-25-41-34-24-36-35(23-33(34)38(4-2)52(41)45(47,48)51(37)39)42-26-40-31-21-13-14-22-32(31)43(27-15-7-5-8-16-27)53(40)46(49,50)54(42)44(36)28-17-9-6-10-18-28/h5-26H,3-4H2,1-2H3. The molecule has 0 unspecified atom stereocenters. The van der Waals surface area contributed by atoms with Crippen LogP contribution in [0.5, 0.6) is 0 Å². The van der Waals surface area contributed by atoms with Crippen LogP contribution in [0, 0.1) is 0 Å². The average molecular weight is 714 g/mol. The van der Waals surface area contributed by atoms with Gasteiger partial charge < -0.3 is 35.2 Å². The Labute approximate surface area is 309 Å². The summed E-state index contributed by atoms with van der Waals surface area (Å²) >= 11 is 0. The van der Waals surface area contributed by atoms with Gasteiger partial charge in [-0.05, 0) is 47.3 Å². The Bertz CT molecular complexity index is 2950. The predicted octanol–water partition coefficient (Wildman–Crippen LogP) is 10.4. The lowest BCUT2D eigenvalue weighted by atomic mass is 9.88. The van der Waals surface area contributed by atoms with Crippen LogP contribution in [0.1, 0.15) is 65.2 Å². The summed E-state index contributed by atoms with van der Waals surface area (Å²) in [7, 11) is 0. The van der Waals surface area contributed by atoms with Crippen molar-refractivity contribution in [3.63, 3.8) is 0 Å². The summed E-state index contributed by atoms with van der Waals surface area (Å²) < 4.78 is 75.4. The molecule has 2 aromatic heterocycles. The van der Waals surface area contributed by atoms with Crippen molar-refractivity contribution in [3.05, 3.63) is 166 Å². The Hall–Kier alpha value is -6.15. The highest BCUT2D eigenvalue weighted by Crippen LogP contribution is 2.50. The first-order valence-electron chi connectivity index (χ1n) is 18.6. The molecule has 10 heteroatoms. The Kier molecular flexibility index (Phi) is 6.23. The highest BCUT2D eigenvalue weighted by Gasteiger charge is 2.59. The zero-order chi connectivity index (χ0) is 36.7. The first kappa shape index (κ1) is 31.4. The monoisotopic (exact) mass is 714 g/mol. The normalized spacial score (nSPS) is 17.2. The first-order valence-corrected chi connectivity index (χ1v) is 18.6. The minimum absolute atomic E-state index is 0.337. The fourth-order valence-electron chi connectivity index (χ4n) is 9.84. The summed E-state index contributed by atoms with van der Waals surface area (Å²) in [5, 5.41) is 3.07. The number of hydrogen-bond acceptors (Lipinski definition) is 0. The number of hydrogen-bond donors (Lipinski definition) is 0.